The van der Waals surface area contributed by atoms with Gasteiger partial charge in [0.05, 0.1) is 18.4 Å². The molecule has 0 aliphatic carbocycles. The summed E-state index contributed by atoms with van der Waals surface area (Å²) in [5.74, 6) is 0.326. The average Bonchev–Trinajstić information content (AvgIpc) is 2.63. The number of nitrogens with zero attached hydrogens (tertiary/aromatic N) is 1. The molecule has 2 aromatic carbocycles. The van der Waals surface area contributed by atoms with Crippen molar-refractivity contribution in [1.82, 2.24) is 4.90 Å². The van der Waals surface area contributed by atoms with Gasteiger partial charge >= 0.3 is 0 Å². The molecule has 0 aliphatic rings. The van der Waals surface area contributed by atoms with Gasteiger partial charge < -0.3 is 15.0 Å². The Morgan fingerprint density at radius 2 is 1.62 bits per heavy atom. The van der Waals surface area contributed by atoms with E-state index >= 15 is 0 Å². The summed E-state index contributed by atoms with van der Waals surface area (Å²) in [5, 5.41) is 2.82. The van der Waals surface area contributed by atoms with Crippen molar-refractivity contribution in [3.05, 3.63) is 59.7 Å². The predicted molar refractivity (Wildman–Crippen MR) is 94.6 cm³/mol. The number of carbonyl (C=O) groups is 2. The summed E-state index contributed by atoms with van der Waals surface area (Å²) in [4.78, 5) is 26.7. The van der Waals surface area contributed by atoms with Crippen molar-refractivity contribution in [1.29, 1.82) is 0 Å². The summed E-state index contributed by atoms with van der Waals surface area (Å²) in [6.07, 6.45) is 0. The van der Waals surface area contributed by atoms with Crippen molar-refractivity contribution in [2.45, 2.75) is 13.8 Å². The Labute approximate surface area is 142 Å². The van der Waals surface area contributed by atoms with Crippen LogP contribution in [-0.4, -0.2) is 36.9 Å². The van der Waals surface area contributed by atoms with Crippen LogP contribution in [0.15, 0.2) is 48.5 Å². The first kappa shape index (κ1) is 17.5. The second-order valence-corrected chi connectivity index (χ2v) is 5.21. The summed E-state index contributed by atoms with van der Waals surface area (Å²) in [6.45, 7) is 5.10. The Morgan fingerprint density at radius 1 is 1.00 bits per heavy atom. The van der Waals surface area contributed by atoms with Gasteiger partial charge in [0, 0.05) is 18.7 Å². The molecule has 0 saturated carbocycles. The molecule has 0 aromatic heterocycles. The van der Waals surface area contributed by atoms with Crippen molar-refractivity contribution >= 4 is 17.5 Å². The molecular weight excluding hydrogens is 304 g/mol. The lowest BCUT2D eigenvalue weighted by Crippen LogP contribution is -2.31. The van der Waals surface area contributed by atoms with Gasteiger partial charge in [0.2, 0.25) is 0 Å². The average molecular weight is 326 g/mol. The van der Waals surface area contributed by atoms with Crippen molar-refractivity contribution in [3.8, 4) is 5.75 Å². The SMILES string of the molecule is CCN(CC)C(=O)c1ccccc1NC(=O)c1ccc(OC)cc1. The van der Waals surface area contributed by atoms with E-state index in [-0.39, 0.29) is 11.8 Å². The molecule has 5 heteroatoms. The maximum Gasteiger partial charge on any atom is 0.255 e. The Morgan fingerprint density at radius 3 is 2.21 bits per heavy atom. The molecule has 0 saturated heterocycles. The van der Waals surface area contributed by atoms with Gasteiger partial charge in [0.1, 0.15) is 5.75 Å². The van der Waals surface area contributed by atoms with Gasteiger partial charge in [0.25, 0.3) is 11.8 Å². The first-order chi connectivity index (χ1) is 11.6. The van der Waals surface area contributed by atoms with Gasteiger partial charge in [-0.1, -0.05) is 12.1 Å². The molecule has 0 unspecified atom stereocenters. The number of para-hydroxylation sites is 1. The van der Waals surface area contributed by atoms with Crippen LogP contribution < -0.4 is 10.1 Å². The highest BCUT2D eigenvalue weighted by atomic mass is 16.5. The van der Waals surface area contributed by atoms with Crippen LogP contribution in [-0.2, 0) is 0 Å². The van der Waals surface area contributed by atoms with E-state index in [0.717, 1.165) is 0 Å². The maximum atomic E-state index is 12.6. The van der Waals surface area contributed by atoms with E-state index in [1.807, 2.05) is 13.8 Å². The Kier molecular flexibility index (Phi) is 5.95. The van der Waals surface area contributed by atoms with Crippen molar-refractivity contribution < 1.29 is 14.3 Å². The number of methoxy groups -OCH3 is 1. The van der Waals surface area contributed by atoms with Crippen LogP contribution in [0.5, 0.6) is 5.75 Å². The van der Waals surface area contributed by atoms with Gasteiger partial charge in [-0.15, -0.1) is 0 Å². The van der Waals surface area contributed by atoms with Crippen LogP contribution in [0, 0.1) is 0 Å². The number of carbonyl (C=O) groups excluding carboxylic acids is 2. The van der Waals surface area contributed by atoms with Crippen LogP contribution in [0.3, 0.4) is 0 Å². The molecule has 2 amide bonds. The topological polar surface area (TPSA) is 58.6 Å². The van der Waals surface area contributed by atoms with Crippen molar-refractivity contribution in [3.63, 3.8) is 0 Å². The van der Waals surface area contributed by atoms with Gasteiger partial charge in [0.15, 0.2) is 0 Å². The lowest BCUT2D eigenvalue weighted by atomic mass is 10.1. The summed E-state index contributed by atoms with van der Waals surface area (Å²) in [7, 11) is 1.57. The quantitative estimate of drug-likeness (QED) is 0.885. The number of nitrogens with one attached hydrogen (secondary N) is 1. The Bertz CT molecular complexity index is 707. The van der Waals surface area contributed by atoms with E-state index in [1.165, 1.54) is 0 Å². The number of ether oxygens (including phenoxy) is 1. The normalized spacial score (nSPS) is 10.1. The molecule has 0 aliphatic heterocycles. The maximum absolute atomic E-state index is 12.6. The monoisotopic (exact) mass is 326 g/mol. The molecule has 24 heavy (non-hydrogen) atoms. The van der Waals surface area contributed by atoms with Gasteiger partial charge in [-0.25, -0.2) is 0 Å². The molecule has 0 radical (unpaired) electrons. The lowest BCUT2D eigenvalue weighted by molar-refractivity contribution is 0.0774. The molecule has 2 aromatic rings. The molecule has 5 nitrogen and oxygen atoms in total. The van der Waals surface area contributed by atoms with Crippen LogP contribution >= 0.6 is 0 Å². The van der Waals surface area contributed by atoms with Crippen LogP contribution in [0.1, 0.15) is 34.6 Å². The molecule has 0 atom stereocenters. The van der Waals surface area contributed by atoms with Crippen molar-refractivity contribution in [2.24, 2.45) is 0 Å². The van der Waals surface area contributed by atoms with E-state index in [1.54, 1.807) is 60.5 Å². The molecule has 0 heterocycles. The van der Waals surface area contributed by atoms with Crippen LogP contribution in [0.2, 0.25) is 0 Å². The third kappa shape index (κ3) is 3.93. The minimum absolute atomic E-state index is 0.0920. The summed E-state index contributed by atoms with van der Waals surface area (Å²) >= 11 is 0. The zero-order valence-electron chi connectivity index (χ0n) is 14.2. The Balaban J connectivity index is 2.23. The fourth-order valence-electron chi connectivity index (χ4n) is 2.40. The predicted octanol–water partition coefficient (Wildman–Crippen LogP) is 3.43. The van der Waals surface area contributed by atoms with Gasteiger partial charge in [-0.2, -0.15) is 0 Å². The molecular formula is C19H22N2O3. The molecule has 0 fully saturated rings. The molecule has 126 valence electrons. The number of anilines is 1. The third-order valence-corrected chi connectivity index (χ3v) is 3.81. The number of hydrogen-bond donors (Lipinski definition) is 1. The molecule has 2 rings (SSSR count). The van der Waals surface area contributed by atoms with E-state index in [2.05, 4.69) is 5.32 Å². The minimum atomic E-state index is -0.266. The van der Waals surface area contributed by atoms with Crippen molar-refractivity contribution in [2.75, 3.05) is 25.5 Å². The first-order valence-electron chi connectivity index (χ1n) is 7.94. The number of hydrogen-bond acceptors (Lipinski definition) is 3. The zero-order valence-corrected chi connectivity index (χ0v) is 14.2. The summed E-state index contributed by atoms with van der Waals surface area (Å²) in [5.41, 5.74) is 1.50. The lowest BCUT2D eigenvalue weighted by Gasteiger charge is -2.20. The fourth-order valence-corrected chi connectivity index (χ4v) is 2.40. The highest BCUT2D eigenvalue weighted by molar-refractivity contribution is 6.09. The second-order valence-electron chi connectivity index (χ2n) is 5.21. The van der Waals surface area contributed by atoms with Crippen LogP contribution in [0.4, 0.5) is 5.69 Å². The molecule has 1 N–H and O–H groups in total. The van der Waals surface area contributed by atoms with E-state index in [0.29, 0.717) is 35.7 Å². The van der Waals surface area contributed by atoms with E-state index in [4.69, 9.17) is 4.74 Å². The van der Waals surface area contributed by atoms with E-state index < -0.39 is 0 Å². The van der Waals surface area contributed by atoms with Gasteiger partial charge in [-0.3, -0.25) is 9.59 Å². The minimum Gasteiger partial charge on any atom is -0.497 e. The second kappa shape index (κ2) is 8.15. The summed E-state index contributed by atoms with van der Waals surface area (Å²) in [6, 6.07) is 13.9. The Hall–Kier alpha value is -2.82. The van der Waals surface area contributed by atoms with Crippen LogP contribution in [0.25, 0.3) is 0 Å². The smallest absolute Gasteiger partial charge is 0.255 e. The fraction of sp³-hybridized carbons (Fsp3) is 0.263. The third-order valence-electron chi connectivity index (χ3n) is 3.81. The number of rotatable bonds is 6. The highest BCUT2D eigenvalue weighted by Gasteiger charge is 2.17. The number of amides is 2. The molecule has 0 spiro atoms. The van der Waals surface area contributed by atoms with E-state index in [9.17, 15) is 9.59 Å². The number of benzene rings is 2. The molecule has 0 bridgehead atoms. The first-order valence-corrected chi connectivity index (χ1v) is 7.94. The zero-order chi connectivity index (χ0) is 17.5. The largest absolute Gasteiger partial charge is 0.497 e. The highest BCUT2D eigenvalue weighted by Crippen LogP contribution is 2.19. The van der Waals surface area contributed by atoms with Gasteiger partial charge in [-0.05, 0) is 50.2 Å². The summed E-state index contributed by atoms with van der Waals surface area (Å²) < 4.78 is 5.09. The standard InChI is InChI=1S/C19H22N2O3/c1-4-21(5-2)19(23)16-8-6-7-9-17(16)20-18(22)14-10-12-15(24-3)13-11-14/h6-13H,4-5H2,1-3H3,(H,20,22).